The molecular weight excluding hydrogens is 314 g/mol. The Kier molecular flexibility index (Phi) is 4.33. The Labute approximate surface area is 144 Å². The van der Waals surface area contributed by atoms with Crippen molar-refractivity contribution in [2.75, 3.05) is 7.11 Å². The molecule has 1 unspecified atom stereocenters. The van der Waals surface area contributed by atoms with E-state index >= 15 is 0 Å². The number of aromatic nitrogens is 1. The van der Waals surface area contributed by atoms with Crippen molar-refractivity contribution >= 4 is 25.1 Å². The number of fused-ring (bicyclic) bond motifs is 1. The summed E-state index contributed by atoms with van der Waals surface area (Å²) in [6.45, 7) is 6.91. The van der Waals surface area contributed by atoms with Gasteiger partial charge in [0.1, 0.15) is 5.92 Å². The predicted molar refractivity (Wildman–Crippen MR) is 101 cm³/mol. The molecule has 1 aromatic heterocycles. The second-order valence-electron chi connectivity index (χ2n) is 7.01. The average Bonchev–Trinajstić information content (AvgIpc) is 2.96. The van der Waals surface area contributed by atoms with Gasteiger partial charge in [0.25, 0.3) is 0 Å². The predicted octanol–water partition coefficient (Wildman–Crippen LogP) is 4.63. The van der Waals surface area contributed by atoms with Gasteiger partial charge in [-0.05, 0) is 17.2 Å². The van der Waals surface area contributed by atoms with Crippen molar-refractivity contribution < 1.29 is 9.53 Å². The van der Waals surface area contributed by atoms with Crippen LogP contribution in [0, 0.1) is 0 Å². The highest BCUT2D eigenvalue weighted by Crippen LogP contribution is 2.34. The van der Waals surface area contributed by atoms with Gasteiger partial charge in [-0.25, -0.2) is 0 Å². The first kappa shape index (κ1) is 16.5. The van der Waals surface area contributed by atoms with Crippen LogP contribution in [-0.4, -0.2) is 25.5 Å². The summed E-state index contributed by atoms with van der Waals surface area (Å²) in [5.74, 6) is -0.627. The van der Waals surface area contributed by atoms with Crippen LogP contribution in [0.5, 0.6) is 0 Å². The van der Waals surface area contributed by atoms with Crippen molar-refractivity contribution in [3.05, 3.63) is 71.9 Å². The highest BCUT2D eigenvalue weighted by Gasteiger charge is 2.29. The Balaban J connectivity index is 2.28. The van der Waals surface area contributed by atoms with E-state index in [0.29, 0.717) is 0 Å². The summed E-state index contributed by atoms with van der Waals surface area (Å²) in [5.41, 5.74) is 3.17. The van der Waals surface area contributed by atoms with Crippen molar-refractivity contribution in [2.45, 2.75) is 25.6 Å². The Hall–Kier alpha value is -2.33. The van der Waals surface area contributed by atoms with E-state index in [2.05, 4.69) is 48.3 Å². The minimum absolute atomic E-state index is 0.223. The topological polar surface area (TPSA) is 31.2 Å². The summed E-state index contributed by atoms with van der Waals surface area (Å²) in [7, 11) is -0.150. The fourth-order valence-corrected chi connectivity index (χ4v) is 4.64. The van der Waals surface area contributed by atoms with E-state index in [-0.39, 0.29) is 5.97 Å². The van der Waals surface area contributed by atoms with Crippen LogP contribution < -0.4 is 0 Å². The zero-order chi connectivity index (χ0) is 17.3. The molecule has 0 spiro atoms. The second kappa shape index (κ2) is 6.28. The van der Waals surface area contributed by atoms with Crippen molar-refractivity contribution in [3.63, 3.8) is 0 Å². The molecule has 3 rings (SSSR count). The zero-order valence-electron chi connectivity index (χ0n) is 14.6. The normalized spacial score (nSPS) is 13.0. The quantitative estimate of drug-likeness (QED) is 0.513. The van der Waals surface area contributed by atoms with E-state index in [4.69, 9.17) is 4.74 Å². The van der Waals surface area contributed by atoms with Gasteiger partial charge in [0, 0.05) is 17.1 Å². The number of carbonyl (C=O) groups is 1. The van der Waals surface area contributed by atoms with Gasteiger partial charge in [-0.3, -0.25) is 4.79 Å². The number of rotatable bonds is 4. The van der Waals surface area contributed by atoms with Crippen molar-refractivity contribution in [3.8, 4) is 0 Å². The molecule has 124 valence electrons. The van der Waals surface area contributed by atoms with Crippen LogP contribution in [0.15, 0.2) is 60.8 Å². The van der Waals surface area contributed by atoms with E-state index in [1.165, 1.54) is 12.6 Å². The lowest BCUT2D eigenvalue weighted by molar-refractivity contribution is -0.141. The third-order valence-electron chi connectivity index (χ3n) is 4.35. The minimum Gasteiger partial charge on any atom is -0.468 e. The molecule has 0 aliphatic carbocycles. The number of benzene rings is 2. The van der Waals surface area contributed by atoms with Crippen LogP contribution in [-0.2, 0) is 9.53 Å². The van der Waals surface area contributed by atoms with Gasteiger partial charge in [0.15, 0.2) is 8.24 Å². The summed E-state index contributed by atoms with van der Waals surface area (Å²) < 4.78 is 7.50. The maximum absolute atomic E-state index is 12.6. The lowest BCUT2D eigenvalue weighted by atomic mass is 9.91. The smallest absolute Gasteiger partial charge is 0.317 e. The van der Waals surface area contributed by atoms with E-state index in [1.54, 1.807) is 0 Å². The van der Waals surface area contributed by atoms with Crippen molar-refractivity contribution in [1.29, 1.82) is 0 Å². The fraction of sp³-hybridized carbons (Fsp3) is 0.250. The maximum atomic E-state index is 12.6. The van der Waals surface area contributed by atoms with Gasteiger partial charge in [0.05, 0.1) is 7.11 Å². The standard InChI is InChI=1S/C20H23NO2Si/c1-23-20(22)19(15-10-6-5-7-11-15)17-14-21(24(2,3)4)18-13-9-8-12-16(17)18/h5-14,19H,1-4H3. The summed E-state index contributed by atoms with van der Waals surface area (Å²) >= 11 is 0. The molecule has 4 heteroatoms. The number of carbonyl (C=O) groups excluding carboxylic acids is 1. The van der Waals surface area contributed by atoms with Crippen LogP contribution in [0.25, 0.3) is 10.9 Å². The molecule has 0 amide bonds. The molecular formula is C20H23NO2Si. The Morgan fingerprint density at radius 1 is 1.00 bits per heavy atom. The molecule has 3 nitrogen and oxygen atoms in total. The Morgan fingerprint density at radius 3 is 2.25 bits per heavy atom. The van der Waals surface area contributed by atoms with Crippen LogP contribution in [0.3, 0.4) is 0 Å². The number of para-hydroxylation sites is 1. The lowest BCUT2D eigenvalue weighted by Gasteiger charge is -2.20. The largest absolute Gasteiger partial charge is 0.468 e. The third kappa shape index (κ3) is 2.89. The van der Waals surface area contributed by atoms with E-state index in [0.717, 1.165) is 16.5 Å². The molecule has 3 aromatic rings. The monoisotopic (exact) mass is 337 g/mol. The molecule has 0 radical (unpaired) electrons. The number of esters is 1. The molecule has 24 heavy (non-hydrogen) atoms. The number of nitrogens with zero attached hydrogens (tertiary/aromatic N) is 1. The van der Waals surface area contributed by atoms with Gasteiger partial charge in [-0.15, -0.1) is 0 Å². The first-order chi connectivity index (χ1) is 11.4. The third-order valence-corrected chi connectivity index (χ3v) is 6.16. The molecule has 1 heterocycles. The van der Waals surface area contributed by atoms with E-state index in [9.17, 15) is 4.79 Å². The molecule has 0 N–H and O–H groups in total. The number of methoxy groups -OCH3 is 1. The lowest BCUT2D eigenvalue weighted by Crippen LogP contribution is -2.31. The first-order valence-electron chi connectivity index (χ1n) is 8.16. The SMILES string of the molecule is COC(=O)C(c1ccccc1)c1cn([Si](C)(C)C)c2ccccc12. The molecule has 0 aliphatic heterocycles. The van der Waals surface area contributed by atoms with Gasteiger partial charge in [-0.1, -0.05) is 68.2 Å². The first-order valence-corrected chi connectivity index (χ1v) is 11.6. The summed E-state index contributed by atoms with van der Waals surface area (Å²) in [6, 6.07) is 18.2. The molecule has 0 saturated heterocycles. The van der Waals surface area contributed by atoms with E-state index < -0.39 is 14.2 Å². The number of hydrogen-bond acceptors (Lipinski definition) is 2. The van der Waals surface area contributed by atoms with Crippen LogP contribution in [0.2, 0.25) is 19.6 Å². The van der Waals surface area contributed by atoms with E-state index in [1.807, 2.05) is 36.4 Å². The second-order valence-corrected chi connectivity index (χ2v) is 11.8. The summed E-state index contributed by atoms with van der Waals surface area (Å²) in [5, 5.41) is 1.12. The minimum atomic E-state index is -1.60. The van der Waals surface area contributed by atoms with Crippen LogP contribution >= 0.6 is 0 Å². The molecule has 2 aromatic carbocycles. The number of hydrogen-bond donors (Lipinski definition) is 0. The summed E-state index contributed by atoms with van der Waals surface area (Å²) in [4.78, 5) is 12.6. The highest BCUT2D eigenvalue weighted by molar-refractivity contribution is 6.75. The van der Waals surface area contributed by atoms with Crippen LogP contribution in [0.1, 0.15) is 17.0 Å². The molecule has 0 aliphatic rings. The number of ether oxygens (including phenoxy) is 1. The van der Waals surface area contributed by atoms with Gasteiger partial charge < -0.3 is 8.97 Å². The van der Waals surface area contributed by atoms with Crippen LogP contribution in [0.4, 0.5) is 0 Å². The van der Waals surface area contributed by atoms with Crippen molar-refractivity contribution in [1.82, 2.24) is 4.23 Å². The molecule has 0 saturated carbocycles. The van der Waals surface area contributed by atoms with Gasteiger partial charge >= 0.3 is 5.97 Å². The average molecular weight is 337 g/mol. The highest BCUT2D eigenvalue weighted by atomic mass is 28.3. The van der Waals surface area contributed by atoms with Crippen molar-refractivity contribution in [2.24, 2.45) is 0 Å². The molecule has 1 atom stereocenters. The van der Waals surface area contributed by atoms with Gasteiger partial charge in [0.2, 0.25) is 0 Å². The summed E-state index contributed by atoms with van der Waals surface area (Å²) in [6.07, 6.45) is 2.16. The molecule has 0 bridgehead atoms. The zero-order valence-corrected chi connectivity index (χ0v) is 15.6. The molecule has 0 fully saturated rings. The fourth-order valence-electron chi connectivity index (χ4n) is 3.20. The Bertz CT molecular complexity index is 862. The Morgan fingerprint density at radius 2 is 1.62 bits per heavy atom. The van der Waals surface area contributed by atoms with Gasteiger partial charge in [-0.2, -0.15) is 0 Å². The maximum Gasteiger partial charge on any atom is 0.317 e.